The Morgan fingerprint density at radius 1 is 0.667 bits per heavy atom. The van der Waals surface area contributed by atoms with E-state index in [0.29, 0.717) is 6.61 Å². The van der Waals surface area contributed by atoms with Gasteiger partial charge in [0.2, 0.25) is 0 Å². The van der Waals surface area contributed by atoms with Gasteiger partial charge in [-0.05, 0) is 43.8 Å². The first-order valence-electron chi connectivity index (χ1n) is 7.57. The molecule has 120 valence electrons. The molecule has 3 aromatic carbocycles. The Morgan fingerprint density at radius 2 is 1.25 bits per heavy atom. The Bertz CT molecular complexity index is 755. The van der Waals surface area contributed by atoms with E-state index >= 15 is 0 Å². The third kappa shape index (κ3) is 5.54. The zero-order chi connectivity index (χ0) is 17.0. The molecule has 0 heterocycles. The Labute approximate surface area is 143 Å². The van der Waals surface area contributed by atoms with E-state index in [2.05, 4.69) is 23.4 Å². The molecule has 0 radical (unpaired) electrons. The minimum absolute atomic E-state index is 0.513. The summed E-state index contributed by atoms with van der Waals surface area (Å²) in [6.45, 7) is 7.44. The lowest BCUT2D eigenvalue weighted by atomic mass is 10.2. The van der Waals surface area contributed by atoms with Crippen LogP contribution in [0.25, 0.3) is 0 Å². The van der Waals surface area contributed by atoms with Crippen LogP contribution < -0.4 is 4.74 Å². The van der Waals surface area contributed by atoms with Crippen LogP contribution in [0.4, 0.5) is 11.4 Å². The second-order valence-corrected chi connectivity index (χ2v) is 4.88. The van der Waals surface area contributed by atoms with Crippen LogP contribution in [-0.2, 0) is 6.61 Å². The van der Waals surface area contributed by atoms with Crippen molar-refractivity contribution in [1.82, 2.24) is 0 Å². The maximum Gasteiger partial charge on any atom is 0.119 e. The molecule has 0 spiro atoms. The predicted molar refractivity (Wildman–Crippen MR) is 102 cm³/mol. The van der Waals surface area contributed by atoms with Crippen LogP contribution in [0.3, 0.4) is 0 Å². The van der Waals surface area contributed by atoms with E-state index in [9.17, 15) is 0 Å². The highest BCUT2D eigenvalue weighted by Crippen LogP contribution is 2.20. The van der Waals surface area contributed by atoms with Crippen LogP contribution in [0.2, 0.25) is 0 Å². The van der Waals surface area contributed by atoms with Gasteiger partial charge in [0.25, 0.3) is 0 Å². The van der Waals surface area contributed by atoms with E-state index in [4.69, 9.17) is 4.74 Å². The zero-order valence-electron chi connectivity index (χ0n) is 13.5. The van der Waals surface area contributed by atoms with Crippen molar-refractivity contribution < 1.29 is 4.74 Å². The Balaban J connectivity index is 0.000000219. The average Bonchev–Trinajstić information content (AvgIpc) is 2.68. The van der Waals surface area contributed by atoms with Gasteiger partial charge in [-0.3, -0.25) is 9.98 Å². The first-order valence-corrected chi connectivity index (χ1v) is 7.57. The van der Waals surface area contributed by atoms with Crippen LogP contribution in [0, 0.1) is 0 Å². The molecule has 3 nitrogen and oxygen atoms in total. The molecular formula is C21H20N2O. The van der Waals surface area contributed by atoms with Gasteiger partial charge in [-0.15, -0.1) is 0 Å². The van der Waals surface area contributed by atoms with Crippen molar-refractivity contribution in [1.29, 1.82) is 0 Å². The molecule has 0 aliphatic rings. The highest BCUT2D eigenvalue weighted by Gasteiger charge is 2.00. The maximum atomic E-state index is 5.65. The molecular weight excluding hydrogens is 296 g/mol. The minimum atomic E-state index is 0.513. The summed E-state index contributed by atoms with van der Waals surface area (Å²) in [7, 11) is 0. The lowest BCUT2D eigenvalue weighted by Crippen LogP contribution is -1.95. The van der Waals surface area contributed by atoms with Crippen molar-refractivity contribution in [2.24, 2.45) is 9.98 Å². The van der Waals surface area contributed by atoms with Crippen molar-refractivity contribution >= 4 is 24.8 Å². The number of aliphatic imine (C=N–C) groups is 2. The van der Waals surface area contributed by atoms with Crippen molar-refractivity contribution in [2.45, 2.75) is 6.61 Å². The minimum Gasteiger partial charge on any atom is -0.489 e. The SMILES string of the molecule is C=Nc1ccccc1.C=Nc1ccccc1COc1ccccc1. The third-order valence-corrected chi connectivity index (χ3v) is 3.24. The normalized spacial score (nSPS) is 9.33. The molecule has 0 unspecified atom stereocenters. The van der Waals surface area contributed by atoms with Crippen LogP contribution in [0.1, 0.15) is 5.56 Å². The number of para-hydroxylation sites is 3. The summed E-state index contributed by atoms with van der Waals surface area (Å²) in [4.78, 5) is 7.67. The summed E-state index contributed by atoms with van der Waals surface area (Å²) in [6.07, 6.45) is 0. The van der Waals surface area contributed by atoms with Gasteiger partial charge in [-0.1, -0.05) is 54.6 Å². The number of benzene rings is 3. The summed E-state index contributed by atoms with van der Waals surface area (Å²) < 4.78 is 5.65. The number of nitrogens with zero attached hydrogens (tertiary/aromatic N) is 2. The quantitative estimate of drug-likeness (QED) is 0.563. The van der Waals surface area contributed by atoms with Gasteiger partial charge >= 0.3 is 0 Å². The molecule has 0 saturated carbocycles. The maximum absolute atomic E-state index is 5.65. The highest BCUT2D eigenvalue weighted by molar-refractivity contribution is 5.51. The van der Waals surface area contributed by atoms with E-state index in [-0.39, 0.29) is 0 Å². The summed E-state index contributed by atoms with van der Waals surface area (Å²) in [6, 6.07) is 27.2. The second-order valence-electron chi connectivity index (χ2n) is 4.88. The van der Waals surface area contributed by atoms with Gasteiger partial charge in [-0.2, -0.15) is 0 Å². The number of rotatable bonds is 5. The number of hydrogen-bond donors (Lipinski definition) is 0. The van der Waals surface area contributed by atoms with Gasteiger partial charge < -0.3 is 4.74 Å². The standard InChI is InChI=1S/C14H13NO.C7H7N/c1-15-14-10-6-5-7-12(14)11-16-13-8-3-2-4-9-13;1-8-7-5-3-2-4-6-7/h2-10H,1,11H2;2-6H,1H2. The molecule has 3 heteroatoms. The van der Waals surface area contributed by atoms with Crippen molar-refractivity contribution in [3.8, 4) is 5.75 Å². The lowest BCUT2D eigenvalue weighted by Gasteiger charge is -2.07. The Hall–Kier alpha value is -3.20. The highest BCUT2D eigenvalue weighted by atomic mass is 16.5. The molecule has 24 heavy (non-hydrogen) atoms. The van der Waals surface area contributed by atoms with E-state index in [1.54, 1.807) is 0 Å². The van der Waals surface area contributed by atoms with Crippen LogP contribution in [0.5, 0.6) is 5.75 Å². The van der Waals surface area contributed by atoms with E-state index in [1.165, 1.54) is 0 Å². The molecule has 0 atom stereocenters. The topological polar surface area (TPSA) is 34.0 Å². The van der Waals surface area contributed by atoms with Crippen molar-refractivity contribution in [2.75, 3.05) is 0 Å². The summed E-state index contributed by atoms with van der Waals surface area (Å²) >= 11 is 0. The van der Waals surface area contributed by atoms with E-state index < -0.39 is 0 Å². The lowest BCUT2D eigenvalue weighted by molar-refractivity contribution is 0.306. The monoisotopic (exact) mass is 316 g/mol. The molecule has 0 bridgehead atoms. The molecule has 0 aliphatic heterocycles. The van der Waals surface area contributed by atoms with Crippen LogP contribution in [-0.4, -0.2) is 13.4 Å². The van der Waals surface area contributed by atoms with Crippen molar-refractivity contribution in [3.05, 3.63) is 90.5 Å². The van der Waals surface area contributed by atoms with Gasteiger partial charge in [-0.25, -0.2) is 0 Å². The van der Waals surface area contributed by atoms with Crippen LogP contribution in [0.15, 0.2) is 94.9 Å². The van der Waals surface area contributed by atoms with Gasteiger partial charge in [0, 0.05) is 5.56 Å². The van der Waals surface area contributed by atoms with E-state index in [0.717, 1.165) is 22.7 Å². The number of ether oxygens (including phenoxy) is 1. The van der Waals surface area contributed by atoms with Crippen LogP contribution >= 0.6 is 0 Å². The fraction of sp³-hybridized carbons (Fsp3) is 0.0476. The molecule has 0 saturated heterocycles. The summed E-state index contributed by atoms with van der Waals surface area (Å²) in [5.41, 5.74) is 2.84. The van der Waals surface area contributed by atoms with Gasteiger partial charge in [0.05, 0.1) is 11.4 Å². The molecule has 3 rings (SSSR count). The zero-order valence-corrected chi connectivity index (χ0v) is 13.5. The number of hydrogen-bond acceptors (Lipinski definition) is 3. The van der Waals surface area contributed by atoms with Gasteiger partial charge in [0.15, 0.2) is 0 Å². The first kappa shape index (κ1) is 17.2. The fourth-order valence-electron chi connectivity index (χ4n) is 2.00. The molecule has 0 fully saturated rings. The molecule has 0 aromatic heterocycles. The predicted octanol–water partition coefficient (Wildman–Crippen LogP) is 5.62. The molecule has 0 amide bonds. The second kappa shape index (κ2) is 9.74. The third-order valence-electron chi connectivity index (χ3n) is 3.24. The summed E-state index contributed by atoms with van der Waals surface area (Å²) in [5.74, 6) is 0.862. The Morgan fingerprint density at radius 3 is 1.83 bits per heavy atom. The van der Waals surface area contributed by atoms with Crippen molar-refractivity contribution in [3.63, 3.8) is 0 Å². The van der Waals surface area contributed by atoms with Gasteiger partial charge in [0.1, 0.15) is 12.4 Å². The molecule has 0 aliphatic carbocycles. The van der Waals surface area contributed by atoms with E-state index in [1.807, 2.05) is 84.9 Å². The smallest absolute Gasteiger partial charge is 0.119 e. The summed E-state index contributed by atoms with van der Waals surface area (Å²) in [5, 5.41) is 0. The molecule has 3 aromatic rings. The largest absolute Gasteiger partial charge is 0.489 e. The fourth-order valence-corrected chi connectivity index (χ4v) is 2.00. The Kier molecular flexibility index (Phi) is 6.97. The average molecular weight is 316 g/mol. The first-order chi connectivity index (χ1) is 11.8. The molecule has 0 N–H and O–H groups in total.